The number of hydrogen-bond donors (Lipinski definition) is 1. The van der Waals surface area contributed by atoms with Crippen molar-refractivity contribution < 1.29 is 14.6 Å². The predicted molar refractivity (Wildman–Crippen MR) is 81.6 cm³/mol. The molecule has 0 spiro atoms. The first-order valence-electron chi connectivity index (χ1n) is 6.59. The van der Waals surface area contributed by atoms with Gasteiger partial charge in [0.15, 0.2) is 0 Å². The van der Waals surface area contributed by atoms with E-state index in [2.05, 4.69) is 16.6 Å². The molecule has 0 radical (unpaired) electrons. The number of esters is 1. The van der Waals surface area contributed by atoms with E-state index in [1.807, 2.05) is 48.5 Å². The van der Waals surface area contributed by atoms with Crippen LogP contribution in [-0.4, -0.2) is 24.8 Å². The summed E-state index contributed by atoms with van der Waals surface area (Å²) in [6.45, 7) is -0.142. The number of carbonyl (C=O) groups excluding carboxylic acids is 1. The van der Waals surface area contributed by atoms with Crippen LogP contribution >= 0.6 is 0 Å². The number of methoxy groups -OCH3 is 1. The Bertz CT molecular complexity index is 676. The Morgan fingerprint density at radius 3 is 2.57 bits per heavy atom. The van der Waals surface area contributed by atoms with Gasteiger partial charge in [-0.15, -0.1) is 0 Å². The van der Waals surface area contributed by atoms with E-state index in [0.717, 1.165) is 22.3 Å². The SMILES string of the molecule is COC(=O)Cc1cccc(-c2ccc(C#CCO)cc2)c1. The fourth-order valence-corrected chi connectivity index (χ4v) is 1.99. The van der Waals surface area contributed by atoms with E-state index < -0.39 is 0 Å². The highest BCUT2D eigenvalue weighted by Crippen LogP contribution is 2.21. The first-order chi connectivity index (χ1) is 10.2. The van der Waals surface area contributed by atoms with E-state index in [4.69, 9.17) is 5.11 Å². The molecule has 3 heteroatoms. The Hall–Kier alpha value is -2.57. The van der Waals surface area contributed by atoms with Crippen molar-refractivity contribution in [2.75, 3.05) is 13.7 Å². The van der Waals surface area contributed by atoms with Crippen molar-refractivity contribution in [3.05, 3.63) is 59.7 Å². The normalized spacial score (nSPS) is 9.62. The average Bonchev–Trinajstić information content (AvgIpc) is 2.53. The van der Waals surface area contributed by atoms with Gasteiger partial charge in [0.1, 0.15) is 6.61 Å². The highest BCUT2D eigenvalue weighted by molar-refractivity contribution is 5.74. The molecular formula is C18H16O3. The van der Waals surface area contributed by atoms with E-state index in [0.29, 0.717) is 0 Å². The lowest BCUT2D eigenvalue weighted by atomic mass is 10.0. The van der Waals surface area contributed by atoms with Crippen LogP contribution in [0.5, 0.6) is 0 Å². The number of benzene rings is 2. The molecule has 0 saturated heterocycles. The predicted octanol–water partition coefficient (Wildman–Crippen LogP) is 2.41. The summed E-state index contributed by atoms with van der Waals surface area (Å²) in [4.78, 5) is 11.3. The number of ether oxygens (including phenoxy) is 1. The molecule has 0 unspecified atom stereocenters. The molecule has 2 rings (SSSR count). The largest absolute Gasteiger partial charge is 0.469 e. The van der Waals surface area contributed by atoms with Crippen LogP contribution in [0.25, 0.3) is 11.1 Å². The Morgan fingerprint density at radius 2 is 1.90 bits per heavy atom. The molecule has 0 aliphatic rings. The van der Waals surface area contributed by atoms with Gasteiger partial charge in [-0.1, -0.05) is 48.2 Å². The lowest BCUT2D eigenvalue weighted by molar-refractivity contribution is -0.139. The van der Waals surface area contributed by atoms with Crippen molar-refractivity contribution in [1.29, 1.82) is 0 Å². The van der Waals surface area contributed by atoms with E-state index >= 15 is 0 Å². The molecule has 0 fully saturated rings. The van der Waals surface area contributed by atoms with Crippen LogP contribution in [0.15, 0.2) is 48.5 Å². The second kappa shape index (κ2) is 7.28. The van der Waals surface area contributed by atoms with Crippen LogP contribution < -0.4 is 0 Å². The maximum Gasteiger partial charge on any atom is 0.309 e. The van der Waals surface area contributed by atoms with E-state index in [-0.39, 0.29) is 19.0 Å². The second-order valence-electron chi connectivity index (χ2n) is 4.49. The molecule has 0 heterocycles. The molecule has 1 N–H and O–H groups in total. The van der Waals surface area contributed by atoms with E-state index in [1.165, 1.54) is 7.11 Å². The van der Waals surface area contributed by atoms with Crippen LogP contribution in [-0.2, 0) is 16.0 Å². The van der Waals surface area contributed by atoms with Gasteiger partial charge in [-0.2, -0.15) is 0 Å². The van der Waals surface area contributed by atoms with Crippen molar-refractivity contribution in [1.82, 2.24) is 0 Å². The molecule has 0 saturated carbocycles. The molecule has 0 aliphatic heterocycles. The van der Waals surface area contributed by atoms with Gasteiger partial charge in [0.05, 0.1) is 13.5 Å². The van der Waals surface area contributed by atoms with Gasteiger partial charge in [-0.3, -0.25) is 4.79 Å². The van der Waals surface area contributed by atoms with Crippen molar-refractivity contribution >= 4 is 5.97 Å². The third-order valence-corrected chi connectivity index (χ3v) is 3.03. The summed E-state index contributed by atoms with van der Waals surface area (Å²) in [5.41, 5.74) is 3.87. The second-order valence-corrected chi connectivity index (χ2v) is 4.49. The Balaban J connectivity index is 2.21. The third-order valence-electron chi connectivity index (χ3n) is 3.03. The van der Waals surface area contributed by atoms with Gasteiger partial charge < -0.3 is 9.84 Å². The summed E-state index contributed by atoms with van der Waals surface area (Å²) >= 11 is 0. The smallest absolute Gasteiger partial charge is 0.309 e. The van der Waals surface area contributed by atoms with Gasteiger partial charge in [0, 0.05) is 5.56 Å². The van der Waals surface area contributed by atoms with Crippen molar-refractivity contribution in [3.63, 3.8) is 0 Å². The molecule has 0 aliphatic carbocycles. The summed E-state index contributed by atoms with van der Waals surface area (Å²) in [5, 5.41) is 8.67. The first kappa shape index (κ1) is 14.8. The highest BCUT2D eigenvalue weighted by Gasteiger charge is 2.04. The summed E-state index contributed by atoms with van der Waals surface area (Å²) < 4.78 is 4.68. The monoisotopic (exact) mass is 280 g/mol. The van der Waals surface area contributed by atoms with Crippen molar-refractivity contribution in [2.24, 2.45) is 0 Å². The van der Waals surface area contributed by atoms with Crippen LogP contribution in [0.3, 0.4) is 0 Å². The van der Waals surface area contributed by atoms with Crippen molar-refractivity contribution in [2.45, 2.75) is 6.42 Å². The molecular weight excluding hydrogens is 264 g/mol. The molecule has 2 aromatic rings. The molecule has 0 amide bonds. The molecule has 3 nitrogen and oxygen atoms in total. The zero-order valence-electron chi connectivity index (χ0n) is 11.8. The zero-order valence-corrected chi connectivity index (χ0v) is 11.8. The zero-order chi connectivity index (χ0) is 15.1. The Labute approximate surface area is 124 Å². The Morgan fingerprint density at radius 1 is 1.14 bits per heavy atom. The number of aliphatic hydroxyl groups excluding tert-OH is 1. The number of aliphatic hydroxyl groups is 1. The summed E-state index contributed by atoms with van der Waals surface area (Å²) in [7, 11) is 1.39. The van der Waals surface area contributed by atoms with Crippen LogP contribution in [0.4, 0.5) is 0 Å². The summed E-state index contributed by atoms with van der Waals surface area (Å²) in [6, 6.07) is 15.6. The number of rotatable bonds is 3. The molecule has 106 valence electrons. The van der Waals surface area contributed by atoms with Gasteiger partial charge in [-0.25, -0.2) is 0 Å². The summed E-state index contributed by atoms with van der Waals surface area (Å²) in [5.74, 6) is 5.22. The standard InChI is InChI=1S/C18H16O3/c1-21-18(20)13-15-4-2-6-17(12-15)16-9-7-14(8-10-16)5-3-11-19/h2,4,6-10,12,19H,11,13H2,1H3. The van der Waals surface area contributed by atoms with Crippen molar-refractivity contribution in [3.8, 4) is 23.0 Å². The molecule has 0 aromatic heterocycles. The molecule has 21 heavy (non-hydrogen) atoms. The topological polar surface area (TPSA) is 46.5 Å². The van der Waals surface area contributed by atoms with Gasteiger partial charge in [-0.05, 0) is 28.8 Å². The first-order valence-corrected chi connectivity index (χ1v) is 6.59. The molecule has 2 aromatic carbocycles. The van der Waals surface area contributed by atoms with E-state index in [9.17, 15) is 4.79 Å². The number of hydrogen-bond acceptors (Lipinski definition) is 3. The maximum absolute atomic E-state index is 11.3. The lowest BCUT2D eigenvalue weighted by Crippen LogP contribution is -2.04. The average molecular weight is 280 g/mol. The van der Waals surface area contributed by atoms with Crippen LogP contribution in [0.1, 0.15) is 11.1 Å². The quantitative estimate of drug-likeness (QED) is 0.694. The maximum atomic E-state index is 11.3. The van der Waals surface area contributed by atoms with Gasteiger partial charge in [0.2, 0.25) is 0 Å². The van der Waals surface area contributed by atoms with E-state index in [1.54, 1.807) is 0 Å². The van der Waals surface area contributed by atoms with Gasteiger partial charge in [0.25, 0.3) is 0 Å². The minimum Gasteiger partial charge on any atom is -0.469 e. The summed E-state index contributed by atoms with van der Waals surface area (Å²) in [6.07, 6.45) is 0.268. The molecule has 0 atom stereocenters. The minimum atomic E-state index is -0.248. The number of carbonyl (C=O) groups is 1. The third kappa shape index (κ3) is 4.20. The Kier molecular flexibility index (Phi) is 5.14. The fraction of sp³-hybridized carbons (Fsp3) is 0.167. The minimum absolute atomic E-state index is 0.142. The van der Waals surface area contributed by atoms with Gasteiger partial charge >= 0.3 is 5.97 Å². The van der Waals surface area contributed by atoms with Crippen LogP contribution in [0, 0.1) is 11.8 Å². The van der Waals surface area contributed by atoms with Crippen LogP contribution in [0.2, 0.25) is 0 Å². The highest BCUT2D eigenvalue weighted by atomic mass is 16.5. The fourth-order valence-electron chi connectivity index (χ4n) is 1.99. The lowest BCUT2D eigenvalue weighted by Gasteiger charge is -2.05. The molecule has 0 bridgehead atoms.